The smallest absolute Gasteiger partial charge is 0.231 e. The van der Waals surface area contributed by atoms with E-state index < -0.39 is 5.82 Å². The number of halogens is 2. The third-order valence-electron chi connectivity index (χ3n) is 3.26. The summed E-state index contributed by atoms with van der Waals surface area (Å²) in [7, 11) is 0. The molecule has 0 bridgehead atoms. The number of hydrogen-bond acceptors (Lipinski definition) is 3. The van der Waals surface area contributed by atoms with Gasteiger partial charge in [-0.25, -0.2) is 4.39 Å². The van der Waals surface area contributed by atoms with Gasteiger partial charge in [-0.05, 0) is 31.2 Å². The minimum Gasteiger partial charge on any atom is -0.379 e. The third kappa shape index (κ3) is 3.77. The Bertz CT molecular complexity index is 484. The summed E-state index contributed by atoms with van der Waals surface area (Å²) in [6.07, 6.45) is 0.991. The molecular weight excluding hydrogens is 327 g/mol. The first-order chi connectivity index (χ1) is 9.61. The zero-order valence-corrected chi connectivity index (χ0v) is 12.9. The lowest BCUT2D eigenvalue weighted by Gasteiger charge is -2.18. The van der Waals surface area contributed by atoms with Crippen molar-refractivity contribution in [2.75, 3.05) is 25.1 Å². The van der Waals surface area contributed by atoms with Gasteiger partial charge in [0.1, 0.15) is 5.82 Å². The van der Waals surface area contributed by atoms with Crippen LogP contribution in [0.4, 0.5) is 10.1 Å². The van der Waals surface area contributed by atoms with E-state index in [9.17, 15) is 9.18 Å². The van der Waals surface area contributed by atoms with Crippen molar-refractivity contribution in [3.05, 3.63) is 28.5 Å². The largest absolute Gasteiger partial charge is 0.379 e. The normalized spacial score (nSPS) is 21.9. The highest BCUT2D eigenvalue weighted by atomic mass is 79.9. The minimum atomic E-state index is -0.446. The summed E-state index contributed by atoms with van der Waals surface area (Å²) in [5, 5.41) is 5.92. The maximum absolute atomic E-state index is 13.6. The van der Waals surface area contributed by atoms with Gasteiger partial charge >= 0.3 is 0 Å². The second-order valence-corrected chi connectivity index (χ2v) is 5.73. The Morgan fingerprint density at radius 1 is 1.50 bits per heavy atom. The van der Waals surface area contributed by atoms with Crippen LogP contribution in [0.15, 0.2) is 22.7 Å². The van der Waals surface area contributed by atoms with Gasteiger partial charge in [-0.2, -0.15) is 0 Å². The number of hydrogen-bond donors (Lipinski definition) is 2. The lowest BCUT2D eigenvalue weighted by atomic mass is 10.0. The molecule has 0 aliphatic carbocycles. The molecule has 2 atom stereocenters. The number of ether oxygens (including phenoxy) is 1. The number of anilines is 1. The van der Waals surface area contributed by atoms with Crippen LogP contribution in [-0.2, 0) is 9.53 Å². The van der Waals surface area contributed by atoms with Crippen molar-refractivity contribution >= 4 is 27.5 Å². The highest BCUT2D eigenvalue weighted by Gasteiger charge is 2.33. The minimum absolute atomic E-state index is 0.00911. The summed E-state index contributed by atoms with van der Waals surface area (Å²) >= 11 is 3.26. The molecular formula is C14H18BrFN2O2. The predicted molar refractivity (Wildman–Crippen MR) is 79.1 cm³/mol. The van der Waals surface area contributed by atoms with Crippen LogP contribution in [0, 0.1) is 11.7 Å². The summed E-state index contributed by atoms with van der Waals surface area (Å²) in [5.74, 6) is -0.952. The molecule has 0 radical (unpaired) electrons. The summed E-state index contributed by atoms with van der Waals surface area (Å²) in [4.78, 5) is 12.2. The molecule has 1 saturated heterocycles. The van der Waals surface area contributed by atoms with E-state index in [2.05, 4.69) is 33.5 Å². The standard InChI is InChI=1S/C14H18BrFN2O2/c1-2-5-17-13-8-20-7-10(13)14(19)18-12-6-9(15)3-4-11(12)16/h3-4,6,10,13,17H,2,5,7-8H2,1H3,(H,18,19). The van der Waals surface area contributed by atoms with E-state index in [-0.39, 0.29) is 23.6 Å². The Kier molecular flexibility index (Phi) is 5.51. The van der Waals surface area contributed by atoms with Crippen LogP contribution in [0.3, 0.4) is 0 Å². The van der Waals surface area contributed by atoms with E-state index >= 15 is 0 Å². The number of rotatable bonds is 5. The maximum atomic E-state index is 13.6. The second kappa shape index (κ2) is 7.15. The summed E-state index contributed by atoms with van der Waals surface area (Å²) < 4.78 is 19.7. The second-order valence-electron chi connectivity index (χ2n) is 4.82. The molecule has 2 rings (SSSR count). The average molecular weight is 345 g/mol. The monoisotopic (exact) mass is 344 g/mol. The molecule has 0 aromatic heterocycles. The Morgan fingerprint density at radius 2 is 2.30 bits per heavy atom. The number of benzene rings is 1. The topological polar surface area (TPSA) is 50.4 Å². The molecule has 2 N–H and O–H groups in total. The molecule has 1 amide bonds. The van der Waals surface area contributed by atoms with Gasteiger partial charge in [-0.3, -0.25) is 4.79 Å². The van der Waals surface area contributed by atoms with E-state index in [4.69, 9.17) is 4.74 Å². The van der Waals surface area contributed by atoms with Crippen molar-refractivity contribution in [3.63, 3.8) is 0 Å². The van der Waals surface area contributed by atoms with Gasteiger partial charge in [-0.15, -0.1) is 0 Å². The van der Waals surface area contributed by atoms with Gasteiger partial charge in [-0.1, -0.05) is 22.9 Å². The maximum Gasteiger partial charge on any atom is 0.231 e. The van der Waals surface area contributed by atoms with E-state index in [1.54, 1.807) is 12.1 Å². The molecule has 20 heavy (non-hydrogen) atoms. The molecule has 1 heterocycles. The molecule has 2 unspecified atom stereocenters. The number of carbonyl (C=O) groups is 1. The molecule has 1 fully saturated rings. The molecule has 1 aromatic rings. The lowest BCUT2D eigenvalue weighted by molar-refractivity contribution is -0.120. The van der Waals surface area contributed by atoms with Gasteiger partial charge in [0.2, 0.25) is 5.91 Å². The highest BCUT2D eigenvalue weighted by Crippen LogP contribution is 2.22. The van der Waals surface area contributed by atoms with Gasteiger partial charge in [0.15, 0.2) is 0 Å². The van der Waals surface area contributed by atoms with E-state index in [1.165, 1.54) is 6.07 Å². The summed E-state index contributed by atoms with van der Waals surface area (Å²) in [5.41, 5.74) is 0.186. The zero-order chi connectivity index (χ0) is 14.5. The first-order valence-corrected chi connectivity index (χ1v) is 7.48. The van der Waals surface area contributed by atoms with Gasteiger partial charge in [0.05, 0.1) is 24.8 Å². The van der Waals surface area contributed by atoms with Crippen molar-refractivity contribution in [1.29, 1.82) is 0 Å². The summed E-state index contributed by atoms with van der Waals surface area (Å²) in [6.45, 7) is 3.78. The molecule has 1 aliphatic heterocycles. The van der Waals surface area contributed by atoms with Crippen LogP contribution in [0.25, 0.3) is 0 Å². The molecule has 6 heteroatoms. The fourth-order valence-corrected chi connectivity index (χ4v) is 2.52. The van der Waals surface area contributed by atoms with E-state index in [0.717, 1.165) is 17.4 Å². The van der Waals surface area contributed by atoms with Crippen molar-refractivity contribution in [1.82, 2.24) is 5.32 Å². The molecule has 0 spiro atoms. The fraction of sp³-hybridized carbons (Fsp3) is 0.500. The zero-order valence-electron chi connectivity index (χ0n) is 11.3. The van der Waals surface area contributed by atoms with Crippen LogP contribution in [-0.4, -0.2) is 31.7 Å². The quantitative estimate of drug-likeness (QED) is 0.862. The van der Waals surface area contributed by atoms with Crippen molar-refractivity contribution in [2.45, 2.75) is 19.4 Å². The SMILES string of the molecule is CCCNC1COCC1C(=O)Nc1cc(Br)ccc1F. The number of nitrogens with one attached hydrogen (secondary N) is 2. The van der Waals surface area contributed by atoms with Crippen molar-refractivity contribution < 1.29 is 13.9 Å². The highest BCUT2D eigenvalue weighted by molar-refractivity contribution is 9.10. The molecule has 110 valence electrons. The fourth-order valence-electron chi connectivity index (χ4n) is 2.16. The van der Waals surface area contributed by atoms with Gasteiger partial charge in [0.25, 0.3) is 0 Å². The number of amides is 1. The Labute approximate surface area is 126 Å². The van der Waals surface area contributed by atoms with Crippen LogP contribution < -0.4 is 10.6 Å². The molecule has 0 saturated carbocycles. The lowest BCUT2D eigenvalue weighted by Crippen LogP contribution is -2.41. The first-order valence-electron chi connectivity index (χ1n) is 6.69. The van der Waals surface area contributed by atoms with Crippen molar-refractivity contribution in [2.24, 2.45) is 5.92 Å². The Balaban J connectivity index is 2.01. The Morgan fingerprint density at radius 3 is 3.05 bits per heavy atom. The Hall–Kier alpha value is -0.980. The first kappa shape index (κ1) is 15.4. The van der Waals surface area contributed by atoms with E-state index in [1.807, 2.05) is 0 Å². The van der Waals surface area contributed by atoms with Crippen molar-refractivity contribution in [3.8, 4) is 0 Å². The van der Waals surface area contributed by atoms with Crippen LogP contribution >= 0.6 is 15.9 Å². The predicted octanol–water partition coefficient (Wildman–Crippen LogP) is 2.54. The van der Waals surface area contributed by atoms with Crippen LogP contribution in [0.1, 0.15) is 13.3 Å². The molecule has 1 aromatic carbocycles. The summed E-state index contributed by atoms with van der Waals surface area (Å²) in [6, 6.07) is 4.45. The third-order valence-corrected chi connectivity index (χ3v) is 3.75. The van der Waals surface area contributed by atoms with Crippen LogP contribution in [0.5, 0.6) is 0 Å². The molecule has 1 aliphatic rings. The average Bonchev–Trinajstić information content (AvgIpc) is 2.89. The van der Waals surface area contributed by atoms with Gasteiger partial charge in [0, 0.05) is 10.5 Å². The van der Waals surface area contributed by atoms with Gasteiger partial charge < -0.3 is 15.4 Å². The van der Waals surface area contributed by atoms with Crippen LogP contribution in [0.2, 0.25) is 0 Å². The molecule has 4 nitrogen and oxygen atoms in total. The number of carbonyl (C=O) groups excluding carboxylic acids is 1. The van der Waals surface area contributed by atoms with E-state index in [0.29, 0.717) is 13.2 Å².